The number of rotatable bonds is 4. The summed E-state index contributed by atoms with van der Waals surface area (Å²) in [6.45, 7) is 4.60. The summed E-state index contributed by atoms with van der Waals surface area (Å²) in [6, 6.07) is 12.7. The van der Waals surface area contributed by atoms with Crippen LogP contribution in [0, 0.1) is 5.82 Å². The molecule has 0 aliphatic carbocycles. The first-order valence-electron chi connectivity index (χ1n) is 7.81. The average Bonchev–Trinajstić information content (AvgIpc) is 2.56. The largest absolute Gasteiger partial charge is 0.494 e. The van der Waals surface area contributed by atoms with Crippen LogP contribution in [-0.2, 0) is 6.54 Å². The molecule has 0 saturated carbocycles. The second-order valence-electron chi connectivity index (χ2n) is 5.82. The lowest BCUT2D eigenvalue weighted by Gasteiger charge is -2.36. The molecule has 2 N–H and O–H groups in total. The van der Waals surface area contributed by atoms with Gasteiger partial charge in [0.25, 0.3) is 0 Å². The van der Waals surface area contributed by atoms with Crippen LogP contribution in [0.4, 0.5) is 15.8 Å². The van der Waals surface area contributed by atoms with Crippen LogP contribution >= 0.6 is 0 Å². The van der Waals surface area contributed by atoms with E-state index in [0.29, 0.717) is 5.75 Å². The maximum Gasteiger partial charge on any atom is 0.145 e. The van der Waals surface area contributed by atoms with Gasteiger partial charge in [0.15, 0.2) is 0 Å². The van der Waals surface area contributed by atoms with Gasteiger partial charge < -0.3 is 15.4 Å². The van der Waals surface area contributed by atoms with E-state index in [4.69, 9.17) is 10.5 Å². The minimum absolute atomic E-state index is 0.272. The van der Waals surface area contributed by atoms with Gasteiger partial charge in [0.2, 0.25) is 0 Å². The van der Waals surface area contributed by atoms with E-state index in [-0.39, 0.29) is 5.82 Å². The van der Waals surface area contributed by atoms with Crippen molar-refractivity contribution in [3.8, 4) is 5.75 Å². The Morgan fingerprint density at radius 3 is 2.57 bits per heavy atom. The van der Waals surface area contributed by atoms with Crippen LogP contribution < -0.4 is 15.4 Å². The van der Waals surface area contributed by atoms with Gasteiger partial charge in [0.1, 0.15) is 11.6 Å². The molecular formula is C18H22FN3O. The highest BCUT2D eigenvalue weighted by atomic mass is 19.1. The standard InChI is InChI=1S/C18H22FN3O/c1-23-18-12-15(19)5-6-17(18)22-9-7-21(8-10-22)13-14-3-2-4-16(20)11-14/h2-6,11-12H,7-10,13,20H2,1H3. The predicted molar refractivity (Wildman–Crippen MR) is 91.3 cm³/mol. The molecule has 2 aromatic carbocycles. The zero-order chi connectivity index (χ0) is 16.2. The Bertz CT molecular complexity index is 669. The minimum Gasteiger partial charge on any atom is -0.494 e. The van der Waals surface area contributed by atoms with Crippen LogP contribution in [0.1, 0.15) is 5.56 Å². The van der Waals surface area contributed by atoms with Crippen molar-refractivity contribution in [3.63, 3.8) is 0 Å². The number of benzene rings is 2. The van der Waals surface area contributed by atoms with E-state index in [9.17, 15) is 4.39 Å². The molecule has 0 atom stereocenters. The summed E-state index contributed by atoms with van der Waals surface area (Å²) in [7, 11) is 1.58. The van der Waals surface area contributed by atoms with Crippen LogP contribution in [0.25, 0.3) is 0 Å². The molecule has 0 aromatic heterocycles. The second-order valence-corrected chi connectivity index (χ2v) is 5.82. The van der Waals surface area contributed by atoms with Gasteiger partial charge in [0.05, 0.1) is 12.8 Å². The number of hydrogen-bond acceptors (Lipinski definition) is 4. The second kappa shape index (κ2) is 6.87. The first-order chi connectivity index (χ1) is 11.2. The van der Waals surface area contributed by atoms with Gasteiger partial charge in [-0.05, 0) is 29.8 Å². The Morgan fingerprint density at radius 1 is 1.09 bits per heavy atom. The highest BCUT2D eigenvalue weighted by molar-refractivity contribution is 5.59. The van der Waals surface area contributed by atoms with Gasteiger partial charge in [-0.15, -0.1) is 0 Å². The quantitative estimate of drug-likeness (QED) is 0.881. The third kappa shape index (κ3) is 3.74. The first-order valence-corrected chi connectivity index (χ1v) is 7.81. The highest BCUT2D eigenvalue weighted by Crippen LogP contribution is 2.29. The molecule has 23 heavy (non-hydrogen) atoms. The highest BCUT2D eigenvalue weighted by Gasteiger charge is 2.20. The number of anilines is 2. The third-order valence-electron chi connectivity index (χ3n) is 4.21. The van der Waals surface area contributed by atoms with Crippen molar-refractivity contribution in [3.05, 3.63) is 53.8 Å². The fraction of sp³-hybridized carbons (Fsp3) is 0.333. The third-order valence-corrected chi connectivity index (χ3v) is 4.21. The molecule has 1 aliphatic heterocycles. The number of nitrogen functional groups attached to an aromatic ring is 1. The molecule has 2 aromatic rings. The van der Waals surface area contributed by atoms with Gasteiger partial charge in [-0.1, -0.05) is 12.1 Å². The molecule has 0 spiro atoms. The van der Waals surface area contributed by atoms with Crippen LogP contribution in [0.5, 0.6) is 5.75 Å². The van der Waals surface area contributed by atoms with Gasteiger partial charge in [-0.3, -0.25) is 4.90 Å². The Morgan fingerprint density at radius 2 is 1.87 bits per heavy atom. The SMILES string of the molecule is COc1cc(F)ccc1N1CCN(Cc2cccc(N)c2)CC1. The van der Waals surface area contributed by atoms with Gasteiger partial charge in [-0.25, -0.2) is 4.39 Å². The maximum absolute atomic E-state index is 13.3. The first kappa shape index (κ1) is 15.6. The summed E-state index contributed by atoms with van der Waals surface area (Å²) in [5, 5.41) is 0. The van der Waals surface area contributed by atoms with E-state index in [1.807, 2.05) is 18.2 Å². The lowest BCUT2D eigenvalue weighted by atomic mass is 10.1. The molecule has 0 amide bonds. The zero-order valence-corrected chi connectivity index (χ0v) is 13.3. The summed E-state index contributed by atoms with van der Waals surface area (Å²) in [4.78, 5) is 4.65. The fourth-order valence-corrected chi connectivity index (χ4v) is 3.01. The number of nitrogens with two attached hydrogens (primary N) is 1. The number of hydrogen-bond donors (Lipinski definition) is 1. The molecule has 1 heterocycles. The number of halogens is 1. The summed E-state index contributed by atoms with van der Waals surface area (Å²) < 4.78 is 18.6. The smallest absolute Gasteiger partial charge is 0.145 e. The molecular weight excluding hydrogens is 293 g/mol. The minimum atomic E-state index is -0.272. The Labute approximate surface area is 136 Å². The number of ether oxygens (including phenoxy) is 1. The van der Waals surface area contributed by atoms with Crippen molar-refractivity contribution in [2.75, 3.05) is 43.9 Å². The van der Waals surface area contributed by atoms with Crippen molar-refractivity contribution in [2.24, 2.45) is 0 Å². The monoisotopic (exact) mass is 315 g/mol. The number of nitrogens with zero attached hydrogens (tertiary/aromatic N) is 2. The summed E-state index contributed by atoms with van der Waals surface area (Å²) in [5.74, 6) is 0.320. The van der Waals surface area contributed by atoms with Gasteiger partial charge >= 0.3 is 0 Å². The molecule has 122 valence electrons. The fourth-order valence-electron chi connectivity index (χ4n) is 3.01. The molecule has 1 saturated heterocycles. The summed E-state index contributed by atoms with van der Waals surface area (Å²) in [6.07, 6.45) is 0. The van der Waals surface area contributed by atoms with E-state index < -0.39 is 0 Å². The van der Waals surface area contributed by atoms with E-state index in [2.05, 4.69) is 15.9 Å². The average molecular weight is 315 g/mol. The van der Waals surface area contributed by atoms with Crippen molar-refractivity contribution in [1.82, 2.24) is 4.90 Å². The van der Waals surface area contributed by atoms with E-state index in [1.165, 1.54) is 17.7 Å². The lowest BCUT2D eigenvalue weighted by Crippen LogP contribution is -2.46. The van der Waals surface area contributed by atoms with Gasteiger partial charge in [-0.2, -0.15) is 0 Å². The van der Waals surface area contributed by atoms with Crippen LogP contribution in [0.3, 0.4) is 0 Å². The van der Waals surface area contributed by atoms with Crippen molar-refractivity contribution in [1.29, 1.82) is 0 Å². The van der Waals surface area contributed by atoms with E-state index in [0.717, 1.165) is 44.1 Å². The van der Waals surface area contributed by atoms with Crippen LogP contribution in [-0.4, -0.2) is 38.2 Å². The van der Waals surface area contributed by atoms with Crippen LogP contribution in [0.2, 0.25) is 0 Å². The van der Waals surface area contributed by atoms with Crippen molar-refractivity contribution < 1.29 is 9.13 Å². The molecule has 0 bridgehead atoms. The molecule has 5 heteroatoms. The van der Waals surface area contributed by atoms with Crippen molar-refractivity contribution >= 4 is 11.4 Å². The molecule has 3 rings (SSSR count). The Balaban J connectivity index is 1.62. The topological polar surface area (TPSA) is 41.7 Å². The molecule has 0 radical (unpaired) electrons. The van der Waals surface area contributed by atoms with E-state index in [1.54, 1.807) is 13.2 Å². The maximum atomic E-state index is 13.3. The lowest BCUT2D eigenvalue weighted by molar-refractivity contribution is 0.249. The van der Waals surface area contributed by atoms with Crippen molar-refractivity contribution in [2.45, 2.75) is 6.54 Å². The number of methoxy groups -OCH3 is 1. The normalized spacial score (nSPS) is 15.7. The van der Waals surface area contributed by atoms with E-state index >= 15 is 0 Å². The predicted octanol–water partition coefficient (Wildman–Crippen LogP) is 2.74. The molecule has 4 nitrogen and oxygen atoms in total. The molecule has 1 aliphatic rings. The Hall–Kier alpha value is -2.27. The van der Waals surface area contributed by atoms with Gasteiger partial charge in [0, 0.05) is 44.5 Å². The number of piperazine rings is 1. The molecule has 0 unspecified atom stereocenters. The summed E-state index contributed by atoms with van der Waals surface area (Å²) in [5.41, 5.74) is 8.83. The Kier molecular flexibility index (Phi) is 4.67. The summed E-state index contributed by atoms with van der Waals surface area (Å²) >= 11 is 0. The molecule has 1 fully saturated rings. The zero-order valence-electron chi connectivity index (χ0n) is 13.3. The van der Waals surface area contributed by atoms with Crippen LogP contribution in [0.15, 0.2) is 42.5 Å².